The van der Waals surface area contributed by atoms with E-state index in [0.29, 0.717) is 5.57 Å². The molecule has 2 saturated heterocycles. The summed E-state index contributed by atoms with van der Waals surface area (Å²) in [6, 6.07) is 0. The first-order chi connectivity index (χ1) is 15.9. The van der Waals surface area contributed by atoms with E-state index in [1.165, 1.54) is 26.8 Å². The molecule has 4 rings (SSSR count). The molecule has 0 amide bonds. The quantitative estimate of drug-likeness (QED) is 0.255. The lowest BCUT2D eigenvalue weighted by Gasteiger charge is -2.53. The van der Waals surface area contributed by atoms with Crippen LogP contribution in [0.25, 0.3) is 0 Å². The molecule has 2 aliphatic heterocycles. The van der Waals surface area contributed by atoms with Crippen LogP contribution in [0.5, 0.6) is 0 Å². The Balaban J connectivity index is 1.95. The second kappa shape index (κ2) is 8.62. The molecule has 11 atom stereocenters. The van der Waals surface area contributed by atoms with Crippen LogP contribution >= 0.6 is 11.6 Å². The van der Waals surface area contributed by atoms with Crippen LogP contribution in [0.1, 0.15) is 34.6 Å². The Hall–Kier alpha value is -1.94. The Morgan fingerprint density at radius 2 is 1.85 bits per heavy atom. The number of hydrogen-bond acceptors (Lipinski definition) is 9. The lowest BCUT2D eigenvalue weighted by molar-refractivity contribution is -0.215. The number of carbonyl (C=O) groups excluding carboxylic acids is 3. The Morgan fingerprint density at radius 3 is 2.44 bits per heavy atom. The van der Waals surface area contributed by atoms with Crippen LogP contribution in [0.2, 0.25) is 0 Å². The number of rotatable bonds is 3. The number of esters is 3. The third-order valence-corrected chi connectivity index (χ3v) is 8.35. The van der Waals surface area contributed by atoms with Crippen LogP contribution in [-0.4, -0.2) is 76.2 Å². The van der Waals surface area contributed by atoms with Crippen molar-refractivity contribution in [2.24, 2.45) is 23.2 Å². The van der Waals surface area contributed by atoms with E-state index in [2.05, 4.69) is 0 Å². The predicted molar refractivity (Wildman–Crippen MR) is 118 cm³/mol. The van der Waals surface area contributed by atoms with Gasteiger partial charge in [0.25, 0.3) is 0 Å². The standard InChI is InChI=1S/C24H31ClO9/c1-10-17-20(32-13(4)27)24(30)11(2)22(29)33-16(24)8-14(9-25)6-7-15(28)23(17,5)21-19(34-21)18(10)31-12(3)26/h6-8,10-11,15-21,28,30H,9H2,1-5H3/b7-6+,14-8+/t10-,11+,15+,16+,17-,18-,19+,20+,21+,23-,24-/m1/s1. The van der Waals surface area contributed by atoms with Gasteiger partial charge in [-0.05, 0) is 18.6 Å². The minimum atomic E-state index is -1.98. The van der Waals surface area contributed by atoms with E-state index < -0.39 is 83.3 Å². The maximum atomic E-state index is 12.7. The van der Waals surface area contributed by atoms with Crippen LogP contribution < -0.4 is 0 Å². The van der Waals surface area contributed by atoms with Crippen molar-refractivity contribution in [2.75, 3.05) is 5.88 Å². The molecule has 0 unspecified atom stereocenters. The van der Waals surface area contributed by atoms with Gasteiger partial charge in [-0.25, -0.2) is 0 Å². The third kappa shape index (κ3) is 3.68. The van der Waals surface area contributed by atoms with E-state index in [1.807, 2.05) is 0 Å². The Bertz CT molecular complexity index is 947. The number of carbonyl (C=O) groups is 3. The first-order valence-electron chi connectivity index (χ1n) is 11.4. The second-order valence-electron chi connectivity index (χ2n) is 10.0. The normalized spacial score (nSPS) is 49.8. The van der Waals surface area contributed by atoms with Gasteiger partial charge in [-0.2, -0.15) is 0 Å². The zero-order chi connectivity index (χ0) is 25.2. The van der Waals surface area contributed by atoms with Crippen LogP contribution in [0.3, 0.4) is 0 Å². The molecule has 0 aromatic heterocycles. The van der Waals surface area contributed by atoms with Gasteiger partial charge < -0.3 is 29.2 Å². The van der Waals surface area contributed by atoms with Crippen molar-refractivity contribution in [3.05, 3.63) is 23.8 Å². The van der Waals surface area contributed by atoms with Crippen LogP contribution in [-0.2, 0) is 33.3 Å². The number of ether oxygens (including phenoxy) is 4. The third-order valence-electron chi connectivity index (χ3n) is 8.04. The molecule has 1 saturated carbocycles. The van der Waals surface area contributed by atoms with Crippen LogP contribution in [0, 0.1) is 23.2 Å². The minimum absolute atomic E-state index is 0.0353. The molecule has 2 heterocycles. The Kier molecular flexibility index (Phi) is 6.38. The monoisotopic (exact) mass is 498 g/mol. The van der Waals surface area contributed by atoms with Crippen LogP contribution in [0.15, 0.2) is 23.8 Å². The molecule has 4 aliphatic rings. The summed E-state index contributed by atoms with van der Waals surface area (Å²) in [6.07, 6.45) is -0.524. The summed E-state index contributed by atoms with van der Waals surface area (Å²) < 4.78 is 22.8. The zero-order valence-electron chi connectivity index (χ0n) is 19.8. The molecule has 2 N–H and O–H groups in total. The van der Waals surface area contributed by atoms with Crippen molar-refractivity contribution in [3.8, 4) is 0 Å². The van der Waals surface area contributed by atoms with E-state index in [1.54, 1.807) is 26.0 Å². The number of fused-ring (bicyclic) bond motifs is 4. The number of aliphatic hydroxyl groups is 2. The van der Waals surface area contributed by atoms with Crippen molar-refractivity contribution in [1.82, 2.24) is 0 Å². The summed E-state index contributed by atoms with van der Waals surface area (Å²) in [4.78, 5) is 36.9. The number of alkyl halides is 1. The van der Waals surface area contributed by atoms with Crippen molar-refractivity contribution < 1.29 is 43.5 Å². The minimum Gasteiger partial charge on any atom is -0.459 e. The Labute approximate surface area is 203 Å². The van der Waals surface area contributed by atoms with Gasteiger partial charge in [0.1, 0.15) is 18.3 Å². The van der Waals surface area contributed by atoms with Gasteiger partial charge in [-0.3, -0.25) is 14.4 Å². The SMILES string of the molecule is CC(=O)O[C@@H]1[C@H](C)[C@@H]2[C@H](OC(C)=O)[C@]3(O)[C@H](/C=C(CCl)\C=C\[C@H](O)[C@@]2(C)[C@H]2O[C@@H]12)OC(=O)[C@@H]3C. The second-order valence-corrected chi connectivity index (χ2v) is 10.3. The molecule has 2 aliphatic carbocycles. The average Bonchev–Trinajstić information content (AvgIpc) is 3.53. The molecular formula is C24H31ClO9. The summed E-state index contributed by atoms with van der Waals surface area (Å²) in [7, 11) is 0. The van der Waals surface area contributed by atoms with E-state index >= 15 is 0 Å². The van der Waals surface area contributed by atoms with Crippen molar-refractivity contribution in [2.45, 2.75) is 76.8 Å². The summed E-state index contributed by atoms with van der Waals surface area (Å²) in [5.74, 6) is -4.15. The number of hydrogen-bond donors (Lipinski definition) is 2. The molecule has 0 spiro atoms. The highest BCUT2D eigenvalue weighted by Crippen LogP contribution is 2.61. The fourth-order valence-electron chi connectivity index (χ4n) is 6.20. The summed E-state index contributed by atoms with van der Waals surface area (Å²) in [6.45, 7) is 7.60. The first-order valence-corrected chi connectivity index (χ1v) is 12.0. The van der Waals surface area contributed by atoms with Gasteiger partial charge in [0, 0.05) is 37.0 Å². The summed E-state index contributed by atoms with van der Waals surface area (Å²) >= 11 is 6.10. The molecule has 9 nitrogen and oxygen atoms in total. The molecule has 3 fully saturated rings. The van der Waals surface area contributed by atoms with E-state index in [0.717, 1.165) is 0 Å². The van der Waals surface area contributed by atoms with Crippen LogP contribution in [0.4, 0.5) is 0 Å². The van der Waals surface area contributed by atoms with Gasteiger partial charge in [0.05, 0.1) is 18.1 Å². The maximum Gasteiger partial charge on any atom is 0.312 e. The van der Waals surface area contributed by atoms with E-state index in [4.69, 9.17) is 30.5 Å². The van der Waals surface area contributed by atoms with Gasteiger partial charge in [0.2, 0.25) is 0 Å². The number of aliphatic hydroxyl groups excluding tert-OH is 1. The number of epoxide rings is 1. The largest absolute Gasteiger partial charge is 0.459 e. The molecule has 188 valence electrons. The average molecular weight is 499 g/mol. The number of allylic oxidation sites excluding steroid dienone is 2. The molecule has 0 aromatic rings. The highest BCUT2D eigenvalue weighted by Gasteiger charge is 2.74. The maximum absolute atomic E-state index is 12.7. The number of halogens is 1. The van der Waals surface area contributed by atoms with Gasteiger partial charge in [0.15, 0.2) is 11.7 Å². The van der Waals surface area contributed by atoms with Crippen molar-refractivity contribution in [1.29, 1.82) is 0 Å². The lowest BCUT2D eigenvalue weighted by Crippen LogP contribution is -2.66. The molecule has 0 aromatic carbocycles. The first kappa shape index (κ1) is 25.2. The predicted octanol–water partition coefficient (Wildman–Crippen LogP) is 1.28. The van der Waals surface area contributed by atoms with Crippen molar-refractivity contribution >= 4 is 29.5 Å². The molecule has 0 radical (unpaired) electrons. The summed E-state index contributed by atoms with van der Waals surface area (Å²) in [5.41, 5.74) is -2.53. The zero-order valence-corrected chi connectivity index (χ0v) is 20.5. The fraction of sp³-hybridized carbons (Fsp3) is 0.708. The molecule has 34 heavy (non-hydrogen) atoms. The topological polar surface area (TPSA) is 132 Å². The fourth-order valence-corrected chi connectivity index (χ4v) is 6.37. The highest BCUT2D eigenvalue weighted by atomic mass is 35.5. The molecule has 10 heteroatoms. The van der Waals surface area contributed by atoms with Gasteiger partial charge in [-0.15, -0.1) is 11.6 Å². The van der Waals surface area contributed by atoms with Gasteiger partial charge >= 0.3 is 17.9 Å². The highest BCUT2D eigenvalue weighted by molar-refractivity contribution is 6.19. The lowest BCUT2D eigenvalue weighted by atomic mass is 9.54. The van der Waals surface area contributed by atoms with Crippen molar-refractivity contribution in [3.63, 3.8) is 0 Å². The van der Waals surface area contributed by atoms with E-state index in [9.17, 15) is 24.6 Å². The molecular weight excluding hydrogens is 468 g/mol. The Morgan fingerprint density at radius 1 is 1.21 bits per heavy atom. The summed E-state index contributed by atoms with van der Waals surface area (Å²) in [5, 5.41) is 23.6. The van der Waals surface area contributed by atoms with Gasteiger partial charge in [-0.1, -0.05) is 26.0 Å². The van der Waals surface area contributed by atoms with E-state index in [-0.39, 0.29) is 5.88 Å². The molecule has 0 bridgehead atoms. The smallest absolute Gasteiger partial charge is 0.312 e.